The zero-order chi connectivity index (χ0) is 24.1. The van der Waals surface area contributed by atoms with E-state index in [4.69, 9.17) is 26.2 Å². The van der Waals surface area contributed by atoms with E-state index < -0.39 is 11.2 Å². The van der Waals surface area contributed by atoms with Gasteiger partial charge in [0.1, 0.15) is 6.61 Å². The van der Waals surface area contributed by atoms with Crippen molar-refractivity contribution in [1.29, 1.82) is 0 Å². The van der Waals surface area contributed by atoms with Crippen LogP contribution in [0.1, 0.15) is 37.7 Å². The predicted octanol–water partition coefficient (Wildman–Crippen LogP) is 2.79. The van der Waals surface area contributed by atoms with E-state index in [1.807, 2.05) is 12.1 Å². The van der Waals surface area contributed by atoms with Crippen LogP contribution in [-0.2, 0) is 18.3 Å². The van der Waals surface area contributed by atoms with Gasteiger partial charge < -0.3 is 14.6 Å². The monoisotopic (exact) mass is 488 g/mol. The minimum atomic E-state index is -0.564. The zero-order valence-electron chi connectivity index (χ0n) is 19.2. The number of aryl methyl sites for hydroxylation is 1. The molecule has 34 heavy (non-hydrogen) atoms. The van der Waals surface area contributed by atoms with Crippen molar-refractivity contribution in [3.05, 3.63) is 61.8 Å². The van der Waals surface area contributed by atoms with Crippen LogP contribution in [0, 0.1) is 0 Å². The van der Waals surface area contributed by atoms with E-state index in [1.54, 1.807) is 23.7 Å². The van der Waals surface area contributed by atoms with Crippen LogP contribution in [0.25, 0.3) is 17.4 Å². The van der Waals surface area contributed by atoms with Crippen LogP contribution in [0.3, 0.4) is 0 Å². The van der Waals surface area contributed by atoms with Crippen LogP contribution in [0.4, 0.5) is 0 Å². The third kappa shape index (κ3) is 5.27. The topological polar surface area (TPSA) is 101 Å². The maximum absolute atomic E-state index is 13.3. The number of rotatable bonds is 9. The van der Waals surface area contributed by atoms with Gasteiger partial charge in [0.25, 0.3) is 11.6 Å². The number of imidazole rings is 1. The molecule has 9 nitrogen and oxygen atoms in total. The second kappa shape index (κ2) is 11.0. The fraction of sp³-hybridized carbons (Fsp3) is 0.458. The first-order valence-electron chi connectivity index (χ1n) is 11.5. The minimum Gasteiger partial charge on any atom is -0.462 e. The predicted molar refractivity (Wildman–Crippen MR) is 131 cm³/mol. The SMILES string of the molecule is Cn1c(=O)n(/C=C/CO)c(=O)c2c1nc(OCCOC1CCCCC1)n2Cc1ccc(Cl)cc1. The molecule has 0 amide bonds. The van der Waals surface area contributed by atoms with E-state index in [-0.39, 0.29) is 36.5 Å². The summed E-state index contributed by atoms with van der Waals surface area (Å²) in [5.74, 6) is 0. The maximum Gasteiger partial charge on any atom is 0.336 e. The van der Waals surface area contributed by atoms with E-state index in [1.165, 1.54) is 36.1 Å². The van der Waals surface area contributed by atoms with Crippen LogP contribution in [0.2, 0.25) is 5.02 Å². The molecule has 1 aliphatic carbocycles. The summed E-state index contributed by atoms with van der Waals surface area (Å²) in [6, 6.07) is 7.49. The van der Waals surface area contributed by atoms with Crippen molar-refractivity contribution in [2.75, 3.05) is 19.8 Å². The van der Waals surface area contributed by atoms with Gasteiger partial charge >= 0.3 is 5.69 Å². The molecule has 2 heterocycles. The first-order chi connectivity index (χ1) is 16.5. The van der Waals surface area contributed by atoms with Gasteiger partial charge in [0, 0.05) is 18.3 Å². The Hall–Kier alpha value is -2.88. The molecule has 4 rings (SSSR count). The van der Waals surface area contributed by atoms with Crippen LogP contribution < -0.4 is 16.0 Å². The highest BCUT2D eigenvalue weighted by molar-refractivity contribution is 6.30. The van der Waals surface area contributed by atoms with Gasteiger partial charge in [-0.1, -0.05) is 43.0 Å². The van der Waals surface area contributed by atoms with Crippen molar-refractivity contribution >= 4 is 29.0 Å². The van der Waals surface area contributed by atoms with E-state index in [0.717, 1.165) is 23.0 Å². The Labute approximate surface area is 201 Å². The lowest BCUT2D eigenvalue weighted by atomic mass is 9.98. The number of aliphatic hydroxyl groups is 1. The molecule has 0 bridgehead atoms. The smallest absolute Gasteiger partial charge is 0.336 e. The molecule has 1 fully saturated rings. The minimum absolute atomic E-state index is 0.223. The zero-order valence-corrected chi connectivity index (χ0v) is 19.9. The number of aromatic nitrogens is 4. The standard InChI is InChI=1S/C24H29ClN4O5/c1-27-21-20(22(31)28(24(27)32)12-5-13-30)29(16-17-8-10-18(25)11-9-17)23(26-21)34-15-14-33-19-6-3-2-4-7-19/h5,8-12,19,30H,2-4,6-7,13-16H2,1H3/b12-5+. The van der Waals surface area contributed by atoms with E-state index in [9.17, 15) is 9.59 Å². The third-order valence-electron chi connectivity index (χ3n) is 5.98. The molecule has 0 aliphatic heterocycles. The van der Waals surface area contributed by atoms with Crippen molar-refractivity contribution in [3.8, 4) is 6.01 Å². The number of ether oxygens (including phenoxy) is 2. The molecule has 10 heteroatoms. The number of hydrogen-bond donors (Lipinski definition) is 1. The number of hydrogen-bond acceptors (Lipinski definition) is 6. The third-order valence-corrected chi connectivity index (χ3v) is 6.23. The Bertz CT molecular complexity index is 1270. The summed E-state index contributed by atoms with van der Waals surface area (Å²) in [5, 5.41) is 9.72. The first-order valence-corrected chi connectivity index (χ1v) is 11.9. The molecule has 0 atom stereocenters. The summed E-state index contributed by atoms with van der Waals surface area (Å²) in [6.07, 6.45) is 8.62. The fourth-order valence-corrected chi connectivity index (χ4v) is 4.34. The molecular weight excluding hydrogens is 460 g/mol. The van der Waals surface area contributed by atoms with Gasteiger partial charge in [-0.3, -0.25) is 13.9 Å². The van der Waals surface area contributed by atoms with E-state index in [2.05, 4.69) is 4.98 Å². The molecule has 1 saturated carbocycles. The summed E-state index contributed by atoms with van der Waals surface area (Å²) >= 11 is 6.02. The highest BCUT2D eigenvalue weighted by atomic mass is 35.5. The number of aliphatic hydroxyl groups excluding tert-OH is 1. The molecule has 0 saturated heterocycles. The van der Waals surface area contributed by atoms with Crippen molar-refractivity contribution in [3.63, 3.8) is 0 Å². The van der Waals surface area contributed by atoms with Crippen LogP contribution >= 0.6 is 11.6 Å². The normalized spacial score (nSPS) is 14.9. The quantitative estimate of drug-likeness (QED) is 0.465. The summed E-state index contributed by atoms with van der Waals surface area (Å²) in [6.45, 7) is 0.681. The summed E-state index contributed by atoms with van der Waals surface area (Å²) in [5.41, 5.74) is 0.226. The molecule has 0 radical (unpaired) electrons. The lowest BCUT2D eigenvalue weighted by molar-refractivity contribution is 0.0112. The second-order valence-electron chi connectivity index (χ2n) is 8.34. The van der Waals surface area contributed by atoms with Gasteiger partial charge in [-0.15, -0.1) is 0 Å². The van der Waals surface area contributed by atoms with Gasteiger partial charge in [-0.05, 0) is 36.6 Å². The van der Waals surface area contributed by atoms with Gasteiger partial charge in [0.05, 0.1) is 25.9 Å². The number of nitrogens with zero attached hydrogens (tertiary/aromatic N) is 4. The molecule has 3 aromatic rings. The Morgan fingerprint density at radius 1 is 1.15 bits per heavy atom. The van der Waals surface area contributed by atoms with Crippen molar-refractivity contribution in [2.24, 2.45) is 7.05 Å². The van der Waals surface area contributed by atoms with E-state index >= 15 is 0 Å². The molecule has 2 aromatic heterocycles. The van der Waals surface area contributed by atoms with Gasteiger partial charge in [0.2, 0.25) is 0 Å². The van der Waals surface area contributed by atoms with Gasteiger partial charge in [-0.25, -0.2) is 9.36 Å². The molecule has 0 unspecified atom stereocenters. The van der Waals surface area contributed by atoms with Gasteiger partial charge in [0.15, 0.2) is 11.2 Å². The summed E-state index contributed by atoms with van der Waals surface area (Å²) in [7, 11) is 1.54. The average Bonchev–Trinajstić information content (AvgIpc) is 3.21. The highest BCUT2D eigenvalue weighted by Crippen LogP contribution is 2.22. The van der Waals surface area contributed by atoms with Gasteiger partial charge in [-0.2, -0.15) is 4.98 Å². The first kappa shape index (κ1) is 24.3. The van der Waals surface area contributed by atoms with Crippen LogP contribution in [0.5, 0.6) is 6.01 Å². The molecule has 1 aromatic carbocycles. The Balaban J connectivity index is 1.69. The van der Waals surface area contributed by atoms with Crippen molar-refractivity contribution < 1.29 is 14.6 Å². The lowest BCUT2D eigenvalue weighted by Gasteiger charge is -2.21. The molecule has 1 N–H and O–H groups in total. The Morgan fingerprint density at radius 3 is 2.59 bits per heavy atom. The number of fused-ring (bicyclic) bond motifs is 1. The Morgan fingerprint density at radius 2 is 1.88 bits per heavy atom. The molecule has 182 valence electrons. The maximum atomic E-state index is 13.3. The van der Waals surface area contributed by atoms with Crippen molar-refractivity contribution in [1.82, 2.24) is 18.7 Å². The van der Waals surface area contributed by atoms with E-state index in [0.29, 0.717) is 18.2 Å². The molecule has 0 spiro atoms. The Kier molecular flexibility index (Phi) is 7.87. The number of benzene rings is 1. The highest BCUT2D eigenvalue weighted by Gasteiger charge is 2.21. The van der Waals surface area contributed by atoms with Crippen LogP contribution in [-0.4, -0.2) is 49.7 Å². The second-order valence-corrected chi connectivity index (χ2v) is 8.78. The van der Waals surface area contributed by atoms with Crippen molar-refractivity contribution in [2.45, 2.75) is 44.8 Å². The lowest BCUT2D eigenvalue weighted by Crippen LogP contribution is -2.37. The fourth-order valence-electron chi connectivity index (χ4n) is 4.21. The molecular formula is C24H29ClN4O5. The summed E-state index contributed by atoms with van der Waals surface area (Å²) in [4.78, 5) is 30.5. The average molecular weight is 489 g/mol. The number of halogens is 1. The van der Waals surface area contributed by atoms with Crippen LogP contribution in [0.15, 0.2) is 39.9 Å². The largest absolute Gasteiger partial charge is 0.462 e. The summed E-state index contributed by atoms with van der Waals surface area (Å²) < 4.78 is 15.8. The molecule has 1 aliphatic rings.